The van der Waals surface area contributed by atoms with Gasteiger partial charge in [0, 0.05) is 6.42 Å². The highest BCUT2D eigenvalue weighted by Crippen LogP contribution is 2.31. The van der Waals surface area contributed by atoms with Crippen LogP contribution in [0.15, 0.2) is 30.3 Å². The number of aliphatic hydroxyl groups is 1. The Morgan fingerprint density at radius 2 is 1.90 bits per heavy atom. The summed E-state index contributed by atoms with van der Waals surface area (Å²) in [4.78, 5) is 5.66. The second kappa shape index (κ2) is 7.05. The highest BCUT2D eigenvalue weighted by Gasteiger charge is 2.24. The third-order valence-electron chi connectivity index (χ3n) is 3.11. The Morgan fingerprint density at radius 3 is 2.52 bits per heavy atom. The molecule has 0 aliphatic rings. The summed E-state index contributed by atoms with van der Waals surface area (Å²) in [5, 5.41) is 11.3. The Kier molecular flexibility index (Phi) is 5.37. The van der Waals surface area contributed by atoms with Crippen LogP contribution in [0.3, 0.4) is 0 Å². The summed E-state index contributed by atoms with van der Waals surface area (Å²) in [6.45, 7) is 6.38. The minimum absolute atomic E-state index is 0.606. The first-order valence-electron chi connectivity index (χ1n) is 7.40. The van der Waals surface area contributed by atoms with Gasteiger partial charge in [0.15, 0.2) is 0 Å². The van der Waals surface area contributed by atoms with Crippen molar-refractivity contribution >= 4 is 11.3 Å². The van der Waals surface area contributed by atoms with E-state index >= 15 is 0 Å². The highest BCUT2D eigenvalue weighted by atomic mass is 32.1. The Hall–Kier alpha value is -1.39. The van der Waals surface area contributed by atoms with Gasteiger partial charge in [0.1, 0.15) is 5.75 Å². The van der Waals surface area contributed by atoms with E-state index in [2.05, 4.69) is 11.9 Å². The minimum Gasteiger partial charge on any atom is -0.493 e. The third kappa shape index (κ3) is 4.55. The van der Waals surface area contributed by atoms with Crippen molar-refractivity contribution in [1.29, 1.82) is 0 Å². The van der Waals surface area contributed by atoms with Gasteiger partial charge in [-0.25, -0.2) is 4.98 Å². The average molecular weight is 305 g/mol. The summed E-state index contributed by atoms with van der Waals surface area (Å²) in [7, 11) is 0. The van der Waals surface area contributed by atoms with Crippen molar-refractivity contribution in [3.63, 3.8) is 0 Å². The number of aromatic nitrogens is 1. The van der Waals surface area contributed by atoms with Crippen LogP contribution in [0.2, 0.25) is 0 Å². The van der Waals surface area contributed by atoms with Gasteiger partial charge in [0.25, 0.3) is 0 Å². The minimum atomic E-state index is -0.819. The summed E-state index contributed by atoms with van der Waals surface area (Å²) in [6.07, 6.45) is 2.72. The van der Waals surface area contributed by atoms with E-state index in [0.717, 1.165) is 40.6 Å². The zero-order valence-electron chi connectivity index (χ0n) is 12.9. The van der Waals surface area contributed by atoms with Crippen LogP contribution in [-0.2, 0) is 18.4 Å². The molecule has 1 aromatic heterocycles. The summed E-state index contributed by atoms with van der Waals surface area (Å²) in [6, 6.07) is 9.80. The van der Waals surface area contributed by atoms with Crippen LogP contribution >= 0.6 is 11.3 Å². The molecule has 0 bridgehead atoms. The van der Waals surface area contributed by atoms with Crippen LogP contribution in [-0.4, -0.2) is 16.7 Å². The van der Waals surface area contributed by atoms with Gasteiger partial charge in [-0.05, 0) is 32.4 Å². The number of hydrogen-bond donors (Lipinski definition) is 1. The fraction of sp³-hybridized carbons (Fsp3) is 0.471. The summed E-state index contributed by atoms with van der Waals surface area (Å²) in [5.41, 5.74) is 0.213. The van der Waals surface area contributed by atoms with Gasteiger partial charge in [-0.2, -0.15) is 0 Å². The first kappa shape index (κ1) is 16.0. The van der Waals surface area contributed by atoms with E-state index in [1.807, 2.05) is 44.2 Å². The molecule has 3 nitrogen and oxygen atoms in total. The van der Waals surface area contributed by atoms with Gasteiger partial charge in [0.2, 0.25) is 0 Å². The van der Waals surface area contributed by atoms with Crippen LogP contribution in [0.25, 0.3) is 0 Å². The van der Waals surface area contributed by atoms with Crippen molar-refractivity contribution < 1.29 is 9.84 Å². The van der Waals surface area contributed by atoms with Crippen molar-refractivity contribution in [2.45, 2.75) is 45.6 Å². The number of nitrogens with zero attached hydrogens (tertiary/aromatic N) is 1. The normalized spacial score (nSPS) is 11.6. The zero-order chi connectivity index (χ0) is 15.3. The fourth-order valence-corrected chi connectivity index (χ4v) is 3.26. The molecule has 0 atom stereocenters. The molecule has 0 aliphatic heterocycles. The van der Waals surface area contributed by atoms with E-state index in [1.54, 1.807) is 11.3 Å². The summed E-state index contributed by atoms with van der Waals surface area (Å²) < 4.78 is 5.71. The molecule has 0 amide bonds. The summed E-state index contributed by atoms with van der Waals surface area (Å²) in [5.74, 6) is 0.880. The number of para-hydroxylation sites is 1. The largest absolute Gasteiger partial charge is 0.493 e. The summed E-state index contributed by atoms with van der Waals surface area (Å²) >= 11 is 1.60. The van der Waals surface area contributed by atoms with Gasteiger partial charge in [0.05, 0.1) is 27.8 Å². The van der Waals surface area contributed by atoms with Gasteiger partial charge in [-0.1, -0.05) is 31.5 Å². The van der Waals surface area contributed by atoms with Crippen molar-refractivity contribution in [2.75, 3.05) is 6.61 Å². The second-order valence-electron chi connectivity index (χ2n) is 5.60. The maximum absolute atomic E-state index is 10.3. The molecule has 0 aliphatic carbocycles. The third-order valence-corrected chi connectivity index (χ3v) is 4.58. The Labute approximate surface area is 130 Å². The maximum Gasteiger partial charge on any atom is 0.119 e. The van der Waals surface area contributed by atoms with E-state index < -0.39 is 5.60 Å². The van der Waals surface area contributed by atoms with Crippen LogP contribution in [0, 0.1) is 0 Å². The lowest BCUT2D eigenvalue weighted by molar-refractivity contribution is 0.0813. The molecular formula is C17H23NO2S. The van der Waals surface area contributed by atoms with Crippen LogP contribution < -0.4 is 4.74 Å². The molecule has 0 saturated carbocycles. The Bertz CT molecular complexity index is 558. The quantitative estimate of drug-likeness (QED) is 0.842. The number of ether oxygens (including phenoxy) is 1. The molecule has 1 N–H and O–H groups in total. The van der Waals surface area contributed by atoms with Crippen molar-refractivity contribution in [1.82, 2.24) is 4.98 Å². The number of hydrogen-bond acceptors (Lipinski definition) is 4. The fourth-order valence-electron chi connectivity index (χ4n) is 2.16. The molecule has 2 aromatic rings. The molecule has 1 aromatic carbocycles. The number of rotatable bonds is 7. The van der Waals surface area contributed by atoms with E-state index in [1.165, 1.54) is 0 Å². The molecular weight excluding hydrogens is 282 g/mol. The van der Waals surface area contributed by atoms with Gasteiger partial charge in [-0.15, -0.1) is 11.3 Å². The van der Waals surface area contributed by atoms with Crippen LogP contribution in [0.5, 0.6) is 5.75 Å². The number of aryl methyl sites for hydroxylation is 1. The van der Waals surface area contributed by atoms with E-state index in [-0.39, 0.29) is 0 Å². The smallest absolute Gasteiger partial charge is 0.119 e. The van der Waals surface area contributed by atoms with Gasteiger partial charge in [-0.3, -0.25) is 0 Å². The molecule has 1 heterocycles. The van der Waals surface area contributed by atoms with E-state index in [0.29, 0.717) is 6.61 Å². The van der Waals surface area contributed by atoms with Gasteiger partial charge < -0.3 is 9.84 Å². The molecule has 2 rings (SSSR count). The zero-order valence-corrected chi connectivity index (χ0v) is 13.7. The van der Waals surface area contributed by atoms with Crippen molar-refractivity contribution in [2.24, 2.45) is 0 Å². The SMILES string of the molecule is CCCc1nc(CCOc2ccccc2)sc1C(C)(C)O. The van der Waals surface area contributed by atoms with E-state index in [9.17, 15) is 5.11 Å². The average Bonchev–Trinajstić information content (AvgIpc) is 2.84. The lowest BCUT2D eigenvalue weighted by Gasteiger charge is -2.16. The molecule has 0 fully saturated rings. The monoisotopic (exact) mass is 305 g/mol. The second-order valence-corrected chi connectivity index (χ2v) is 6.69. The van der Waals surface area contributed by atoms with Gasteiger partial charge >= 0.3 is 0 Å². The van der Waals surface area contributed by atoms with Crippen LogP contribution in [0.1, 0.15) is 42.8 Å². The Balaban J connectivity index is 2.00. The van der Waals surface area contributed by atoms with E-state index in [4.69, 9.17) is 4.74 Å². The molecule has 0 unspecified atom stereocenters. The first-order valence-corrected chi connectivity index (χ1v) is 8.21. The topological polar surface area (TPSA) is 42.4 Å². The lowest BCUT2D eigenvalue weighted by atomic mass is 10.0. The molecule has 4 heteroatoms. The Morgan fingerprint density at radius 1 is 1.19 bits per heavy atom. The standard InChI is InChI=1S/C17H23NO2S/c1-4-8-14-16(17(2,3)19)21-15(18-14)11-12-20-13-9-6-5-7-10-13/h5-7,9-10,19H,4,8,11-12H2,1-3H3. The maximum atomic E-state index is 10.3. The lowest BCUT2D eigenvalue weighted by Crippen LogP contribution is -2.15. The van der Waals surface area contributed by atoms with Crippen molar-refractivity contribution in [3.8, 4) is 5.75 Å². The molecule has 114 valence electrons. The number of thiazole rings is 1. The van der Waals surface area contributed by atoms with Crippen LogP contribution in [0.4, 0.5) is 0 Å². The molecule has 0 spiro atoms. The highest BCUT2D eigenvalue weighted by molar-refractivity contribution is 7.11. The van der Waals surface area contributed by atoms with Crippen molar-refractivity contribution in [3.05, 3.63) is 45.9 Å². The molecule has 21 heavy (non-hydrogen) atoms. The predicted octanol–water partition coefficient (Wildman–Crippen LogP) is 3.94. The molecule has 0 saturated heterocycles. The predicted molar refractivity (Wildman–Crippen MR) is 87.0 cm³/mol. The first-order chi connectivity index (χ1) is 10.0. The number of benzene rings is 1. The molecule has 0 radical (unpaired) electrons.